The van der Waals surface area contributed by atoms with Crippen LogP contribution in [0.5, 0.6) is 0 Å². The Bertz CT molecular complexity index is 4600. The zero-order chi connectivity index (χ0) is 71.3. The van der Waals surface area contributed by atoms with Crippen LogP contribution >= 0.6 is 0 Å². The molecule has 14 aromatic rings. The topological polar surface area (TPSA) is 0 Å². The van der Waals surface area contributed by atoms with Crippen LogP contribution < -0.4 is 0 Å². The maximum Gasteiger partial charge on any atom is -0.00135 e. The summed E-state index contributed by atoms with van der Waals surface area (Å²) < 4.78 is 0. The van der Waals surface area contributed by atoms with Crippen LogP contribution in [0.25, 0.3) is 81.0 Å². The molecule has 0 heteroatoms. The van der Waals surface area contributed by atoms with Crippen molar-refractivity contribution in [2.75, 3.05) is 0 Å². The van der Waals surface area contributed by atoms with Crippen molar-refractivity contribution in [2.24, 2.45) is 0 Å². The second-order valence-corrected chi connectivity index (χ2v) is 27.8. The molecule has 0 nitrogen and oxygen atoms in total. The fourth-order valence-electron chi connectivity index (χ4n) is 15.5. The van der Waals surface area contributed by atoms with E-state index < -0.39 is 0 Å². The van der Waals surface area contributed by atoms with Crippen LogP contribution in [0, 0.1) is 0 Å². The van der Waals surface area contributed by atoms with E-state index >= 15 is 0 Å². The van der Waals surface area contributed by atoms with Crippen molar-refractivity contribution >= 4 is 36.5 Å². The van der Waals surface area contributed by atoms with E-state index in [-0.39, 0.29) is 0 Å². The fourth-order valence-corrected chi connectivity index (χ4v) is 15.5. The van der Waals surface area contributed by atoms with Crippen LogP contribution in [-0.4, -0.2) is 0 Å². The van der Waals surface area contributed by atoms with Gasteiger partial charge in [-0.15, -0.1) is 0 Å². The average molecular weight is 1360 g/mol. The van der Waals surface area contributed by atoms with Crippen molar-refractivity contribution < 1.29 is 0 Å². The predicted octanol–water partition coefficient (Wildman–Crippen LogP) is 26.6. The van der Waals surface area contributed by atoms with Gasteiger partial charge >= 0.3 is 0 Å². The fraction of sp³-hybridized carbons (Fsp3) is 0.0943. The second kappa shape index (κ2) is 34.7. The lowest BCUT2D eigenvalue weighted by molar-refractivity contribution is 1.26. The van der Waals surface area contributed by atoms with E-state index in [0.717, 1.165) is 64.2 Å². The van der Waals surface area contributed by atoms with Crippen molar-refractivity contribution in [3.63, 3.8) is 0 Å². The predicted molar refractivity (Wildman–Crippen MR) is 454 cm³/mol. The molecule has 0 amide bonds. The van der Waals surface area contributed by atoms with E-state index in [0.29, 0.717) is 0 Å². The first-order chi connectivity index (χ1) is 52.6. The summed E-state index contributed by atoms with van der Waals surface area (Å²) in [5, 5.41) is 0. The Balaban J connectivity index is 0.0000000948. The second-order valence-electron chi connectivity index (χ2n) is 27.8. The van der Waals surface area contributed by atoms with E-state index in [4.69, 9.17) is 0 Å². The molecule has 512 valence electrons. The van der Waals surface area contributed by atoms with Gasteiger partial charge in [0.2, 0.25) is 0 Å². The molecule has 0 radical (unpaired) electrons. The average Bonchev–Trinajstić information content (AvgIpc) is 1.66. The van der Waals surface area contributed by atoms with Crippen molar-refractivity contribution in [3.8, 4) is 44.5 Å². The zero-order valence-electron chi connectivity index (χ0n) is 60.3. The highest BCUT2D eigenvalue weighted by Gasteiger charge is 2.20. The molecule has 106 heavy (non-hydrogen) atoms. The van der Waals surface area contributed by atoms with Crippen LogP contribution in [-0.2, 0) is 64.2 Å². The molecular weight excluding hydrogens is 1270 g/mol. The minimum absolute atomic E-state index is 1.10. The van der Waals surface area contributed by atoms with Crippen molar-refractivity contribution in [3.05, 3.63) is 487 Å². The van der Waals surface area contributed by atoms with E-state index in [1.54, 1.807) is 0 Å². The first-order valence-corrected chi connectivity index (χ1v) is 37.7. The first kappa shape index (κ1) is 69.2. The van der Waals surface area contributed by atoms with Gasteiger partial charge in [0.05, 0.1) is 0 Å². The summed E-state index contributed by atoms with van der Waals surface area (Å²) in [7, 11) is 0. The monoisotopic (exact) mass is 1360 g/mol. The molecule has 0 unspecified atom stereocenters. The van der Waals surface area contributed by atoms with Gasteiger partial charge in [0.25, 0.3) is 0 Å². The Morgan fingerprint density at radius 3 is 0.358 bits per heavy atom. The van der Waals surface area contributed by atoms with E-state index in [2.05, 4.69) is 413 Å². The molecule has 24 rings (SSSR count). The van der Waals surface area contributed by atoms with Gasteiger partial charge in [0.1, 0.15) is 0 Å². The van der Waals surface area contributed by atoms with Crippen molar-refractivity contribution in [1.29, 1.82) is 0 Å². The summed E-state index contributed by atoms with van der Waals surface area (Å²) in [6, 6.07) is 120. The molecule has 0 saturated heterocycles. The maximum atomic E-state index is 2.22. The van der Waals surface area contributed by atoms with Gasteiger partial charge in [-0.05, 0) is 220 Å². The van der Waals surface area contributed by atoms with Crippen molar-refractivity contribution in [1.82, 2.24) is 0 Å². The van der Waals surface area contributed by atoms with Gasteiger partial charge in [-0.2, -0.15) is 0 Å². The summed E-state index contributed by atoms with van der Waals surface area (Å²) in [5.41, 5.74) is 40.1. The largest absolute Gasteiger partial charge is 0.0795 e. The summed E-state index contributed by atoms with van der Waals surface area (Å²) >= 11 is 0. The molecule has 0 aromatic heterocycles. The lowest BCUT2D eigenvalue weighted by Crippen LogP contribution is -1.77. The smallest absolute Gasteiger partial charge is 0.00135 e. The third-order valence-corrected chi connectivity index (χ3v) is 21.0. The quantitative estimate of drug-likeness (QED) is 0.142. The van der Waals surface area contributed by atoms with Gasteiger partial charge in [-0.25, -0.2) is 0 Å². The molecule has 10 aliphatic carbocycles. The number of rotatable bonds is 0. The molecule has 0 aliphatic heterocycles. The van der Waals surface area contributed by atoms with Gasteiger partial charge in [0.15, 0.2) is 0 Å². The Labute approximate surface area is 628 Å². The lowest BCUT2D eigenvalue weighted by atomic mass is 10.1. The zero-order valence-corrected chi connectivity index (χ0v) is 60.3. The highest BCUT2D eigenvalue weighted by Crippen LogP contribution is 2.39. The molecule has 10 aliphatic rings. The number of benzene rings is 14. The molecule has 14 aromatic carbocycles. The third-order valence-electron chi connectivity index (χ3n) is 21.0. The van der Waals surface area contributed by atoms with Crippen molar-refractivity contribution in [2.45, 2.75) is 64.2 Å². The van der Waals surface area contributed by atoms with E-state index in [9.17, 15) is 0 Å². The molecule has 0 N–H and O–H groups in total. The molecule has 0 saturated carbocycles. The molecule has 0 spiro atoms. The van der Waals surface area contributed by atoms with Gasteiger partial charge in [-0.3, -0.25) is 0 Å². The summed E-state index contributed by atoms with van der Waals surface area (Å²) in [5.74, 6) is 0. The Hall–Kier alpha value is -12.5. The molecule has 0 heterocycles. The van der Waals surface area contributed by atoms with Gasteiger partial charge < -0.3 is 0 Å². The number of allylic oxidation sites excluding steroid dienone is 6. The molecule has 0 fully saturated rings. The van der Waals surface area contributed by atoms with Gasteiger partial charge in [-0.1, -0.05) is 413 Å². The number of hydrogen-bond donors (Lipinski definition) is 0. The van der Waals surface area contributed by atoms with Crippen LogP contribution in [0.1, 0.15) is 111 Å². The molecule has 0 atom stereocenters. The minimum Gasteiger partial charge on any atom is -0.0795 e. The first-order valence-electron chi connectivity index (χ1n) is 37.7. The Morgan fingerprint density at radius 2 is 0.226 bits per heavy atom. The number of fused-ring (bicyclic) bond motifs is 18. The van der Waals surface area contributed by atoms with E-state index in [1.165, 1.54) is 156 Å². The highest BCUT2D eigenvalue weighted by molar-refractivity contribution is 5.80. The van der Waals surface area contributed by atoms with Gasteiger partial charge in [0, 0.05) is 0 Å². The molecular formula is C106H88. The summed E-state index contributed by atoms with van der Waals surface area (Å²) in [4.78, 5) is 0. The van der Waals surface area contributed by atoms with E-state index in [1.807, 2.05) is 0 Å². The summed E-state index contributed by atoms with van der Waals surface area (Å²) in [6.07, 6.45) is 37.4. The van der Waals surface area contributed by atoms with Crippen LogP contribution in [0.2, 0.25) is 0 Å². The van der Waals surface area contributed by atoms with Crippen LogP contribution in [0.15, 0.2) is 376 Å². The highest BCUT2D eigenvalue weighted by atomic mass is 14.2. The SMILES string of the molecule is C1=Cc2ccccc2C1.C1=Cc2ccccc2C1.C1=Cc2ccccc2C1.C1=Cc2ccccc2C1.C1=Cc2ccccc2C1.C1=Cc2ccccc2C1.c1ccc2c(c1)Cc1ccccc1-2.c1ccc2c(c1)Cc1ccccc1-2.c1ccc2c(c1)Cc1ccccc1-2.c1ccc2c(c1)Cc1ccccc1-2. The summed E-state index contributed by atoms with van der Waals surface area (Å²) in [6.45, 7) is 0. The molecule has 0 bridgehead atoms. The number of hydrogen-bond acceptors (Lipinski definition) is 0. The third kappa shape index (κ3) is 17.1. The Morgan fingerprint density at radius 1 is 0.113 bits per heavy atom. The minimum atomic E-state index is 1.10. The van der Waals surface area contributed by atoms with Crippen LogP contribution in [0.4, 0.5) is 0 Å². The standard InChI is InChI=1S/4C13H10.6C9H8/c4*1-3-7-12-10(5-1)9-11-6-2-4-8-13(11)12;6*1-2-5-9-7-3-6-8(9)4-1/h4*1-8H,9H2;6*1-6H,7H2. The normalized spacial score (nSPS) is 13.1. The Kier molecular flexibility index (Phi) is 22.6. The maximum absolute atomic E-state index is 2.22. The van der Waals surface area contributed by atoms with Crippen LogP contribution in [0.3, 0.4) is 0 Å². The lowest BCUT2D eigenvalue weighted by Gasteiger charge is -1.98.